The normalized spacial score (nSPS) is 24.1. The monoisotopic (exact) mass is 244 g/mol. The molecule has 0 spiro atoms. The van der Waals surface area contributed by atoms with Gasteiger partial charge >= 0.3 is 0 Å². The Hall–Kier alpha value is -0.860. The summed E-state index contributed by atoms with van der Waals surface area (Å²) in [7, 11) is 0. The summed E-state index contributed by atoms with van der Waals surface area (Å²) < 4.78 is 0. The molecule has 98 valence electrons. The first-order valence-electron chi connectivity index (χ1n) is 7.47. The highest BCUT2D eigenvalue weighted by Crippen LogP contribution is 2.28. The van der Waals surface area contributed by atoms with Crippen molar-refractivity contribution in [2.24, 2.45) is 0 Å². The molecule has 0 bridgehead atoms. The van der Waals surface area contributed by atoms with E-state index in [-0.39, 0.29) is 0 Å². The van der Waals surface area contributed by atoms with E-state index in [2.05, 4.69) is 34.5 Å². The summed E-state index contributed by atoms with van der Waals surface area (Å²) in [6.07, 6.45) is 6.86. The standard InChI is InChI=1S/C16H24N2/c1-4-10-18(11-5-1)12-6-9-16-15-8-3-2-7-14(15)13-17-16/h2-3,7-8,16-17H,1,4-6,9-13H2. The van der Waals surface area contributed by atoms with Crippen molar-refractivity contribution in [3.05, 3.63) is 35.4 Å². The van der Waals surface area contributed by atoms with E-state index < -0.39 is 0 Å². The van der Waals surface area contributed by atoms with Gasteiger partial charge in [-0.1, -0.05) is 30.7 Å². The van der Waals surface area contributed by atoms with Gasteiger partial charge in [0.2, 0.25) is 0 Å². The Kier molecular flexibility index (Phi) is 3.96. The molecule has 1 unspecified atom stereocenters. The molecule has 1 N–H and O–H groups in total. The molecule has 2 aliphatic rings. The largest absolute Gasteiger partial charge is 0.306 e. The first-order valence-corrected chi connectivity index (χ1v) is 7.47. The molecule has 0 aliphatic carbocycles. The lowest BCUT2D eigenvalue weighted by molar-refractivity contribution is 0.222. The summed E-state index contributed by atoms with van der Waals surface area (Å²) in [5.74, 6) is 0. The van der Waals surface area contributed by atoms with Crippen LogP contribution in [0.25, 0.3) is 0 Å². The van der Waals surface area contributed by atoms with E-state index in [0.717, 1.165) is 6.54 Å². The maximum Gasteiger partial charge on any atom is 0.0326 e. The molecule has 2 aliphatic heterocycles. The zero-order chi connectivity index (χ0) is 12.2. The molecule has 1 fully saturated rings. The van der Waals surface area contributed by atoms with E-state index in [0.29, 0.717) is 6.04 Å². The Labute approximate surface area is 110 Å². The van der Waals surface area contributed by atoms with Gasteiger partial charge in [0.15, 0.2) is 0 Å². The van der Waals surface area contributed by atoms with Gasteiger partial charge < -0.3 is 10.2 Å². The summed E-state index contributed by atoms with van der Waals surface area (Å²) in [6.45, 7) is 5.01. The van der Waals surface area contributed by atoms with Crippen molar-refractivity contribution in [3.63, 3.8) is 0 Å². The van der Waals surface area contributed by atoms with Gasteiger partial charge in [-0.05, 0) is 56.4 Å². The van der Waals surface area contributed by atoms with Crippen LogP contribution in [-0.2, 0) is 6.54 Å². The SMILES string of the molecule is c1ccc2c(c1)CNC2CCCN1CCCCC1. The van der Waals surface area contributed by atoms with Gasteiger partial charge in [-0.15, -0.1) is 0 Å². The minimum atomic E-state index is 0.603. The lowest BCUT2D eigenvalue weighted by Gasteiger charge is -2.26. The summed E-state index contributed by atoms with van der Waals surface area (Å²) in [5, 5.41) is 3.64. The van der Waals surface area contributed by atoms with Crippen molar-refractivity contribution < 1.29 is 0 Å². The number of piperidine rings is 1. The van der Waals surface area contributed by atoms with Crippen LogP contribution in [0.3, 0.4) is 0 Å². The van der Waals surface area contributed by atoms with Crippen molar-refractivity contribution in [1.29, 1.82) is 0 Å². The first-order chi connectivity index (χ1) is 8.93. The quantitative estimate of drug-likeness (QED) is 0.875. The average molecular weight is 244 g/mol. The molecule has 2 nitrogen and oxygen atoms in total. The lowest BCUT2D eigenvalue weighted by atomic mass is 10.0. The average Bonchev–Trinajstić information content (AvgIpc) is 2.84. The zero-order valence-corrected chi connectivity index (χ0v) is 11.2. The molecular formula is C16H24N2. The third-order valence-corrected chi connectivity index (χ3v) is 4.39. The number of nitrogens with zero attached hydrogens (tertiary/aromatic N) is 1. The van der Waals surface area contributed by atoms with Crippen LogP contribution in [0, 0.1) is 0 Å². The van der Waals surface area contributed by atoms with E-state index in [1.165, 1.54) is 62.9 Å². The summed E-state index contributed by atoms with van der Waals surface area (Å²) >= 11 is 0. The molecular weight excluding hydrogens is 220 g/mol. The van der Waals surface area contributed by atoms with Gasteiger partial charge in [-0.2, -0.15) is 0 Å². The Morgan fingerprint density at radius 3 is 2.83 bits per heavy atom. The predicted molar refractivity (Wildman–Crippen MR) is 75.5 cm³/mol. The van der Waals surface area contributed by atoms with Crippen molar-refractivity contribution in [2.75, 3.05) is 19.6 Å². The Morgan fingerprint density at radius 1 is 1.11 bits per heavy atom. The van der Waals surface area contributed by atoms with Crippen LogP contribution in [-0.4, -0.2) is 24.5 Å². The number of fused-ring (bicyclic) bond motifs is 1. The van der Waals surface area contributed by atoms with E-state index in [9.17, 15) is 0 Å². The minimum absolute atomic E-state index is 0.603. The maximum atomic E-state index is 3.64. The fourth-order valence-electron chi connectivity index (χ4n) is 3.34. The molecule has 18 heavy (non-hydrogen) atoms. The number of nitrogens with one attached hydrogen (secondary N) is 1. The Bertz CT molecular complexity index is 382. The van der Waals surface area contributed by atoms with Crippen molar-refractivity contribution in [3.8, 4) is 0 Å². The summed E-state index contributed by atoms with van der Waals surface area (Å²) in [4.78, 5) is 2.64. The van der Waals surface area contributed by atoms with Crippen LogP contribution in [0.15, 0.2) is 24.3 Å². The van der Waals surface area contributed by atoms with Crippen LogP contribution in [0.2, 0.25) is 0 Å². The second kappa shape index (κ2) is 5.85. The molecule has 0 saturated carbocycles. The van der Waals surface area contributed by atoms with Gasteiger partial charge in [0, 0.05) is 12.6 Å². The smallest absolute Gasteiger partial charge is 0.0326 e. The second-order valence-electron chi connectivity index (χ2n) is 5.68. The van der Waals surface area contributed by atoms with Crippen LogP contribution in [0.5, 0.6) is 0 Å². The fraction of sp³-hybridized carbons (Fsp3) is 0.625. The second-order valence-corrected chi connectivity index (χ2v) is 5.68. The van der Waals surface area contributed by atoms with E-state index in [4.69, 9.17) is 0 Å². The molecule has 3 rings (SSSR count). The highest BCUT2D eigenvalue weighted by molar-refractivity contribution is 5.33. The molecule has 0 aromatic heterocycles. The van der Waals surface area contributed by atoms with E-state index in [1.807, 2.05) is 0 Å². The van der Waals surface area contributed by atoms with E-state index in [1.54, 1.807) is 0 Å². The van der Waals surface area contributed by atoms with Crippen LogP contribution < -0.4 is 5.32 Å². The number of hydrogen-bond acceptors (Lipinski definition) is 2. The molecule has 1 saturated heterocycles. The van der Waals surface area contributed by atoms with Crippen LogP contribution in [0.4, 0.5) is 0 Å². The van der Waals surface area contributed by atoms with Gasteiger partial charge in [-0.25, -0.2) is 0 Å². The maximum absolute atomic E-state index is 3.64. The van der Waals surface area contributed by atoms with Crippen molar-refractivity contribution in [1.82, 2.24) is 10.2 Å². The molecule has 1 aromatic carbocycles. The third kappa shape index (κ3) is 2.76. The molecule has 2 heterocycles. The molecule has 0 radical (unpaired) electrons. The van der Waals surface area contributed by atoms with Crippen LogP contribution >= 0.6 is 0 Å². The summed E-state index contributed by atoms with van der Waals surface area (Å²) in [6, 6.07) is 9.47. The first kappa shape index (κ1) is 12.2. The fourth-order valence-corrected chi connectivity index (χ4v) is 3.34. The topological polar surface area (TPSA) is 15.3 Å². The van der Waals surface area contributed by atoms with E-state index >= 15 is 0 Å². The molecule has 0 amide bonds. The molecule has 1 atom stereocenters. The van der Waals surface area contributed by atoms with Crippen LogP contribution in [0.1, 0.15) is 49.3 Å². The predicted octanol–water partition coefficient (Wildman–Crippen LogP) is 3.10. The van der Waals surface area contributed by atoms with Gasteiger partial charge in [0.1, 0.15) is 0 Å². The zero-order valence-electron chi connectivity index (χ0n) is 11.2. The summed E-state index contributed by atoms with van der Waals surface area (Å²) in [5.41, 5.74) is 3.04. The van der Waals surface area contributed by atoms with Gasteiger partial charge in [-0.3, -0.25) is 0 Å². The van der Waals surface area contributed by atoms with Gasteiger partial charge in [0.25, 0.3) is 0 Å². The number of hydrogen-bond donors (Lipinski definition) is 1. The highest BCUT2D eigenvalue weighted by atomic mass is 15.1. The highest BCUT2D eigenvalue weighted by Gasteiger charge is 2.20. The molecule has 1 aromatic rings. The molecule has 2 heteroatoms. The third-order valence-electron chi connectivity index (χ3n) is 4.39. The number of likely N-dealkylation sites (tertiary alicyclic amines) is 1. The Morgan fingerprint density at radius 2 is 1.94 bits per heavy atom. The number of benzene rings is 1. The van der Waals surface area contributed by atoms with Gasteiger partial charge in [0.05, 0.1) is 0 Å². The van der Waals surface area contributed by atoms with Crippen molar-refractivity contribution >= 4 is 0 Å². The Balaban J connectivity index is 1.47. The number of rotatable bonds is 4. The van der Waals surface area contributed by atoms with Crippen molar-refractivity contribution in [2.45, 2.75) is 44.7 Å². The lowest BCUT2D eigenvalue weighted by Crippen LogP contribution is -2.31. The minimum Gasteiger partial charge on any atom is -0.306 e.